The molecule has 0 bridgehead atoms. The van der Waals surface area contributed by atoms with E-state index < -0.39 is 15.1 Å². The van der Waals surface area contributed by atoms with Gasteiger partial charge in [-0.2, -0.15) is 12.7 Å². The summed E-state index contributed by atoms with van der Waals surface area (Å²) in [6.45, 7) is 1.04. The fourth-order valence-corrected chi connectivity index (χ4v) is 3.79. The first-order valence-electron chi connectivity index (χ1n) is 6.73. The van der Waals surface area contributed by atoms with Gasteiger partial charge in [-0.15, -0.1) is 0 Å². The van der Waals surface area contributed by atoms with Gasteiger partial charge in [-0.25, -0.2) is 4.72 Å². The van der Waals surface area contributed by atoms with Crippen molar-refractivity contribution < 1.29 is 22.8 Å². The standard InChI is InChI=1S/C12H15N3O6S/c16-15(17)11-4-9(12-10(5-11)7-20-8-21-12)6-14-3-1-2-13-22(14,18)19/h4-5,13H,1-3,6-8H2. The summed E-state index contributed by atoms with van der Waals surface area (Å²) in [6.07, 6.45) is 0.681. The van der Waals surface area contributed by atoms with Crippen LogP contribution in [0.15, 0.2) is 12.1 Å². The van der Waals surface area contributed by atoms with Gasteiger partial charge in [0.15, 0.2) is 6.79 Å². The Balaban J connectivity index is 1.98. The molecule has 0 saturated carbocycles. The van der Waals surface area contributed by atoms with E-state index in [-0.39, 0.29) is 25.6 Å². The van der Waals surface area contributed by atoms with Crippen molar-refractivity contribution in [1.29, 1.82) is 0 Å². The van der Waals surface area contributed by atoms with Crippen LogP contribution in [0.2, 0.25) is 0 Å². The lowest BCUT2D eigenvalue weighted by Crippen LogP contribution is -2.46. The van der Waals surface area contributed by atoms with Crippen molar-refractivity contribution in [2.45, 2.75) is 19.6 Å². The molecule has 10 heteroatoms. The maximum atomic E-state index is 12.0. The number of fused-ring (bicyclic) bond motifs is 1. The third-order valence-corrected chi connectivity index (χ3v) is 5.10. The average Bonchev–Trinajstić information content (AvgIpc) is 2.49. The van der Waals surface area contributed by atoms with Crippen molar-refractivity contribution in [3.05, 3.63) is 33.4 Å². The molecule has 3 rings (SSSR count). The highest BCUT2D eigenvalue weighted by molar-refractivity contribution is 7.87. The van der Waals surface area contributed by atoms with Crippen LogP contribution in [0.1, 0.15) is 17.5 Å². The normalized spacial score (nSPS) is 20.9. The Labute approximate surface area is 127 Å². The van der Waals surface area contributed by atoms with E-state index in [0.717, 1.165) is 0 Å². The molecule has 0 amide bonds. The molecule has 1 fully saturated rings. The number of ether oxygens (including phenoxy) is 2. The van der Waals surface area contributed by atoms with Crippen LogP contribution in [0.3, 0.4) is 0 Å². The highest BCUT2D eigenvalue weighted by Gasteiger charge is 2.29. The fraction of sp³-hybridized carbons (Fsp3) is 0.500. The van der Waals surface area contributed by atoms with Crippen molar-refractivity contribution in [1.82, 2.24) is 9.03 Å². The SMILES string of the molecule is O=[N+]([O-])c1cc2c(c(CN3CCCNS3(=O)=O)c1)OCOC2. The fourth-order valence-electron chi connectivity index (χ4n) is 2.53. The number of benzene rings is 1. The number of nitrogens with one attached hydrogen (secondary N) is 1. The number of hydrogen-bond acceptors (Lipinski definition) is 6. The number of nitro benzene ring substituents is 1. The summed E-state index contributed by atoms with van der Waals surface area (Å²) in [5, 5.41) is 11.0. The van der Waals surface area contributed by atoms with Crippen molar-refractivity contribution in [3.63, 3.8) is 0 Å². The highest BCUT2D eigenvalue weighted by Crippen LogP contribution is 2.33. The first-order chi connectivity index (χ1) is 10.5. The Kier molecular flexibility index (Phi) is 4.00. The minimum absolute atomic E-state index is 0.0271. The van der Waals surface area contributed by atoms with Gasteiger partial charge in [0.05, 0.1) is 11.5 Å². The summed E-state index contributed by atoms with van der Waals surface area (Å²) in [5.41, 5.74) is 0.919. The molecule has 0 aliphatic carbocycles. The smallest absolute Gasteiger partial charge is 0.279 e. The Bertz CT molecular complexity index is 705. The van der Waals surface area contributed by atoms with Gasteiger partial charge in [0.25, 0.3) is 15.9 Å². The molecule has 2 heterocycles. The maximum Gasteiger partial charge on any atom is 0.279 e. The zero-order valence-corrected chi connectivity index (χ0v) is 12.5. The number of hydrogen-bond donors (Lipinski definition) is 1. The quantitative estimate of drug-likeness (QED) is 0.638. The van der Waals surface area contributed by atoms with Crippen LogP contribution in [0.25, 0.3) is 0 Å². The summed E-state index contributed by atoms with van der Waals surface area (Å²) in [7, 11) is -3.55. The van der Waals surface area contributed by atoms with Gasteiger partial charge in [0.2, 0.25) is 0 Å². The molecule has 9 nitrogen and oxygen atoms in total. The molecule has 2 aliphatic rings. The second kappa shape index (κ2) is 5.80. The predicted octanol–water partition coefficient (Wildman–Crippen LogP) is 0.501. The van der Waals surface area contributed by atoms with Crippen LogP contribution in [0, 0.1) is 10.1 Å². The minimum atomic E-state index is -3.55. The number of nitro groups is 1. The van der Waals surface area contributed by atoms with E-state index in [0.29, 0.717) is 36.4 Å². The van der Waals surface area contributed by atoms with E-state index >= 15 is 0 Å². The second-order valence-electron chi connectivity index (χ2n) is 5.05. The molecule has 1 N–H and O–H groups in total. The van der Waals surface area contributed by atoms with E-state index in [1.165, 1.54) is 16.4 Å². The van der Waals surface area contributed by atoms with Gasteiger partial charge in [-0.1, -0.05) is 0 Å². The van der Waals surface area contributed by atoms with Gasteiger partial charge in [-0.3, -0.25) is 10.1 Å². The molecule has 0 atom stereocenters. The molecule has 1 saturated heterocycles. The van der Waals surface area contributed by atoms with Crippen molar-refractivity contribution >= 4 is 15.9 Å². The van der Waals surface area contributed by atoms with Crippen LogP contribution in [0.4, 0.5) is 5.69 Å². The molecule has 1 aromatic rings. The molecule has 2 aliphatic heterocycles. The van der Waals surface area contributed by atoms with Crippen molar-refractivity contribution in [3.8, 4) is 5.75 Å². The van der Waals surface area contributed by atoms with Crippen LogP contribution in [-0.2, 0) is 28.1 Å². The molecule has 0 spiro atoms. The Morgan fingerprint density at radius 1 is 1.41 bits per heavy atom. The lowest BCUT2D eigenvalue weighted by atomic mass is 10.1. The van der Waals surface area contributed by atoms with Gasteiger partial charge >= 0.3 is 0 Å². The molecular weight excluding hydrogens is 314 g/mol. The topological polar surface area (TPSA) is 111 Å². The van der Waals surface area contributed by atoms with E-state index in [1.54, 1.807) is 0 Å². The summed E-state index contributed by atoms with van der Waals surface area (Å²) < 4.78 is 38.2. The molecule has 120 valence electrons. The maximum absolute atomic E-state index is 12.0. The van der Waals surface area contributed by atoms with Gasteiger partial charge in [0, 0.05) is 42.9 Å². The average molecular weight is 329 g/mol. The van der Waals surface area contributed by atoms with Crippen LogP contribution in [-0.4, -0.2) is 37.5 Å². The molecule has 0 unspecified atom stereocenters. The monoisotopic (exact) mass is 329 g/mol. The van der Waals surface area contributed by atoms with E-state index in [1.807, 2.05) is 0 Å². The van der Waals surface area contributed by atoms with Crippen molar-refractivity contribution in [2.75, 3.05) is 19.9 Å². The van der Waals surface area contributed by atoms with Crippen LogP contribution < -0.4 is 9.46 Å². The van der Waals surface area contributed by atoms with E-state index in [4.69, 9.17) is 9.47 Å². The first kappa shape index (κ1) is 15.2. The summed E-state index contributed by atoms with van der Waals surface area (Å²) in [4.78, 5) is 10.5. The molecule has 1 aromatic carbocycles. The Morgan fingerprint density at radius 2 is 2.23 bits per heavy atom. The number of rotatable bonds is 3. The summed E-state index contributed by atoms with van der Waals surface area (Å²) in [6, 6.07) is 2.75. The number of nitrogens with zero attached hydrogens (tertiary/aromatic N) is 2. The third-order valence-electron chi connectivity index (χ3n) is 3.54. The minimum Gasteiger partial charge on any atom is -0.467 e. The zero-order valence-electron chi connectivity index (χ0n) is 11.6. The van der Waals surface area contributed by atoms with Gasteiger partial charge in [0.1, 0.15) is 5.75 Å². The van der Waals surface area contributed by atoms with E-state index in [9.17, 15) is 18.5 Å². The molecule has 22 heavy (non-hydrogen) atoms. The number of non-ortho nitro benzene ring substituents is 1. The zero-order chi connectivity index (χ0) is 15.7. The second-order valence-corrected chi connectivity index (χ2v) is 6.80. The van der Waals surface area contributed by atoms with Gasteiger partial charge in [-0.05, 0) is 6.42 Å². The van der Waals surface area contributed by atoms with Crippen molar-refractivity contribution in [2.24, 2.45) is 0 Å². The Morgan fingerprint density at radius 3 is 2.95 bits per heavy atom. The third kappa shape index (κ3) is 2.90. The summed E-state index contributed by atoms with van der Waals surface area (Å²) in [5.74, 6) is 0.470. The first-order valence-corrected chi connectivity index (χ1v) is 8.17. The van der Waals surface area contributed by atoms with Crippen LogP contribution in [0.5, 0.6) is 5.75 Å². The lowest BCUT2D eigenvalue weighted by molar-refractivity contribution is -0.385. The molecule has 0 aromatic heterocycles. The Hall–Kier alpha value is -1.75. The lowest BCUT2D eigenvalue weighted by Gasteiger charge is -2.28. The molecule has 0 radical (unpaired) electrons. The molecular formula is C12H15N3O6S. The highest BCUT2D eigenvalue weighted by atomic mass is 32.2. The predicted molar refractivity (Wildman–Crippen MR) is 75.3 cm³/mol. The summed E-state index contributed by atoms with van der Waals surface area (Å²) >= 11 is 0. The van der Waals surface area contributed by atoms with Gasteiger partial charge < -0.3 is 9.47 Å². The van der Waals surface area contributed by atoms with E-state index in [2.05, 4.69) is 4.72 Å². The largest absolute Gasteiger partial charge is 0.467 e. The van der Waals surface area contributed by atoms with Crippen LogP contribution >= 0.6 is 0 Å².